The molecule has 0 spiro atoms. The Morgan fingerprint density at radius 1 is 0.431 bits per heavy atom. The Hall–Kier alpha value is -6.38. The molecule has 0 saturated carbocycles. The predicted octanol–water partition coefficient (Wildman–Crippen LogP) is 13.8. The highest BCUT2D eigenvalue weighted by molar-refractivity contribution is 6.21. The summed E-state index contributed by atoms with van der Waals surface area (Å²) in [6.07, 6.45) is 0. The van der Waals surface area contributed by atoms with Crippen molar-refractivity contribution in [3.8, 4) is 33.4 Å². The fourth-order valence-electron chi connectivity index (χ4n) is 8.29. The maximum absolute atomic E-state index is 6.74. The van der Waals surface area contributed by atoms with Gasteiger partial charge in [-0.25, -0.2) is 0 Å². The first-order chi connectivity index (χ1) is 25.0. The van der Waals surface area contributed by atoms with E-state index in [-0.39, 0.29) is 5.41 Å². The van der Waals surface area contributed by atoms with Gasteiger partial charge in [-0.15, -0.1) is 0 Å². The molecule has 0 saturated heterocycles. The molecule has 0 unspecified atom stereocenters. The molecule has 0 atom stereocenters. The largest absolute Gasteiger partial charge is 0.455 e. The van der Waals surface area contributed by atoms with Gasteiger partial charge in [0.05, 0.1) is 0 Å². The van der Waals surface area contributed by atoms with Gasteiger partial charge in [-0.05, 0) is 98.4 Å². The molecule has 10 rings (SSSR count). The molecule has 8 aromatic carbocycles. The van der Waals surface area contributed by atoms with Crippen LogP contribution in [-0.2, 0) is 5.41 Å². The SMILES string of the molecule is CC1(C)c2ccccc2-c2ccc(N(c3ccc(-c4ccccc4)cc3)c3ccc4cc(-c5ccccc5)c5c6ccccc6oc5c4c3)cc21. The number of para-hydroxylation sites is 1. The van der Waals surface area contributed by atoms with Crippen LogP contribution in [0.1, 0.15) is 25.0 Å². The van der Waals surface area contributed by atoms with Gasteiger partial charge in [0.2, 0.25) is 0 Å². The number of hydrogen-bond acceptors (Lipinski definition) is 2. The van der Waals surface area contributed by atoms with Crippen molar-refractivity contribution in [2.45, 2.75) is 19.3 Å². The molecule has 2 nitrogen and oxygen atoms in total. The van der Waals surface area contributed by atoms with Gasteiger partial charge in [-0.3, -0.25) is 0 Å². The lowest BCUT2D eigenvalue weighted by molar-refractivity contribution is 0.660. The summed E-state index contributed by atoms with van der Waals surface area (Å²) < 4.78 is 6.74. The van der Waals surface area contributed by atoms with E-state index in [1.807, 2.05) is 0 Å². The summed E-state index contributed by atoms with van der Waals surface area (Å²) >= 11 is 0. The van der Waals surface area contributed by atoms with Crippen LogP contribution in [0.3, 0.4) is 0 Å². The summed E-state index contributed by atoms with van der Waals surface area (Å²) in [7, 11) is 0. The van der Waals surface area contributed by atoms with Gasteiger partial charge >= 0.3 is 0 Å². The van der Waals surface area contributed by atoms with E-state index >= 15 is 0 Å². The summed E-state index contributed by atoms with van der Waals surface area (Å²) in [5.74, 6) is 0. The maximum atomic E-state index is 6.74. The molecule has 0 amide bonds. The molecule has 0 N–H and O–H groups in total. The van der Waals surface area contributed by atoms with Crippen molar-refractivity contribution < 1.29 is 4.42 Å². The van der Waals surface area contributed by atoms with Crippen LogP contribution < -0.4 is 4.90 Å². The molecule has 0 aliphatic heterocycles. The second-order valence-electron chi connectivity index (χ2n) is 14.1. The number of nitrogens with zero attached hydrogens (tertiary/aromatic N) is 1. The van der Waals surface area contributed by atoms with Gasteiger partial charge in [-0.2, -0.15) is 0 Å². The molecule has 1 aliphatic carbocycles. The summed E-state index contributed by atoms with van der Waals surface area (Å²) in [5.41, 5.74) is 15.2. The highest BCUT2D eigenvalue weighted by Crippen LogP contribution is 2.51. The van der Waals surface area contributed by atoms with Crippen LogP contribution in [-0.4, -0.2) is 0 Å². The maximum Gasteiger partial charge on any atom is 0.143 e. The van der Waals surface area contributed by atoms with Crippen molar-refractivity contribution in [2.24, 2.45) is 0 Å². The molecule has 1 aromatic heterocycles. The summed E-state index contributed by atoms with van der Waals surface area (Å²) in [6, 6.07) is 63.6. The van der Waals surface area contributed by atoms with E-state index in [0.717, 1.165) is 49.8 Å². The molecule has 1 aliphatic rings. The molecule has 51 heavy (non-hydrogen) atoms. The van der Waals surface area contributed by atoms with E-state index in [1.54, 1.807) is 0 Å². The molecule has 242 valence electrons. The monoisotopic (exact) mass is 653 g/mol. The van der Waals surface area contributed by atoms with Crippen molar-refractivity contribution in [2.75, 3.05) is 4.90 Å². The molecular weight excluding hydrogens is 619 g/mol. The van der Waals surface area contributed by atoms with Crippen LogP contribution in [0.4, 0.5) is 17.1 Å². The average molecular weight is 654 g/mol. The number of hydrogen-bond donors (Lipinski definition) is 0. The van der Waals surface area contributed by atoms with E-state index < -0.39 is 0 Å². The van der Waals surface area contributed by atoms with Crippen molar-refractivity contribution in [3.05, 3.63) is 187 Å². The third-order valence-electron chi connectivity index (χ3n) is 10.8. The zero-order valence-electron chi connectivity index (χ0n) is 28.6. The molecule has 2 heteroatoms. The first-order valence-corrected chi connectivity index (χ1v) is 17.7. The number of anilines is 3. The second kappa shape index (κ2) is 11.3. The Morgan fingerprint density at radius 2 is 1.04 bits per heavy atom. The van der Waals surface area contributed by atoms with Gasteiger partial charge in [-0.1, -0.05) is 141 Å². The molecule has 0 bridgehead atoms. The zero-order chi connectivity index (χ0) is 34.1. The third-order valence-corrected chi connectivity index (χ3v) is 10.8. The van der Waals surface area contributed by atoms with Crippen molar-refractivity contribution in [3.63, 3.8) is 0 Å². The lowest BCUT2D eigenvalue weighted by Crippen LogP contribution is -2.16. The number of benzene rings is 8. The number of rotatable bonds is 5. The van der Waals surface area contributed by atoms with Crippen LogP contribution >= 0.6 is 0 Å². The van der Waals surface area contributed by atoms with Crippen molar-refractivity contribution in [1.29, 1.82) is 0 Å². The highest BCUT2D eigenvalue weighted by atomic mass is 16.3. The lowest BCUT2D eigenvalue weighted by atomic mass is 9.82. The topological polar surface area (TPSA) is 16.4 Å². The van der Waals surface area contributed by atoms with Gasteiger partial charge in [0.15, 0.2) is 0 Å². The highest BCUT2D eigenvalue weighted by Gasteiger charge is 2.35. The average Bonchev–Trinajstić information content (AvgIpc) is 3.69. The molecule has 0 fully saturated rings. The number of fused-ring (bicyclic) bond motifs is 8. The Morgan fingerprint density at radius 3 is 1.84 bits per heavy atom. The smallest absolute Gasteiger partial charge is 0.143 e. The molecule has 0 radical (unpaired) electrons. The second-order valence-corrected chi connectivity index (χ2v) is 14.1. The normalized spacial score (nSPS) is 13.1. The van der Waals surface area contributed by atoms with Gasteiger partial charge in [0.1, 0.15) is 11.2 Å². The van der Waals surface area contributed by atoms with Crippen molar-refractivity contribution in [1.82, 2.24) is 0 Å². The minimum atomic E-state index is -0.109. The van der Waals surface area contributed by atoms with Gasteiger partial charge < -0.3 is 9.32 Å². The molecular formula is C49H35NO. The van der Waals surface area contributed by atoms with Crippen LogP contribution in [0, 0.1) is 0 Å². The van der Waals surface area contributed by atoms with Crippen LogP contribution in [0.25, 0.3) is 66.1 Å². The fourth-order valence-corrected chi connectivity index (χ4v) is 8.29. The first-order valence-electron chi connectivity index (χ1n) is 17.7. The fraction of sp³-hybridized carbons (Fsp3) is 0.0612. The van der Waals surface area contributed by atoms with Gasteiger partial charge in [0.25, 0.3) is 0 Å². The van der Waals surface area contributed by atoms with E-state index in [4.69, 9.17) is 4.42 Å². The van der Waals surface area contributed by atoms with Gasteiger partial charge in [0, 0.05) is 38.6 Å². The molecule has 1 heterocycles. The minimum Gasteiger partial charge on any atom is -0.455 e. The lowest BCUT2D eigenvalue weighted by Gasteiger charge is -2.28. The predicted molar refractivity (Wildman–Crippen MR) is 214 cm³/mol. The Bertz CT molecular complexity index is 2760. The Balaban J connectivity index is 1.20. The minimum absolute atomic E-state index is 0.109. The van der Waals surface area contributed by atoms with E-state index in [1.165, 1.54) is 44.5 Å². The van der Waals surface area contributed by atoms with Crippen LogP contribution in [0.15, 0.2) is 180 Å². The van der Waals surface area contributed by atoms with E-state index in [2.05, 4.69) is 195 Å². The third kappa shape index (κ3) is 4.64. The summed E-state index contributed by atoms with van der Waals surface area (Å²) in [5, 5.41) is 4.52. The Kier molecular flexibility index (Phi) is 6.56. The quantitative estimate of drug-likeness (QED) is 0.184. The van der Waals surface area contributed by atoms with Crippen LogP contribution in [0.2, 0.25) is 0 Å². The van der Waals surface area contributed by atoms with Crippen molar-refractivity contribution >= 4 is 49.8 Å². The van der Waals surface area contributed by atoms with E-state index in [9.17, 15) is 0 Å². The number of furan rings is 1. The summed E-state index contributed by atoms with van der Waals surface area (Å²) in [6.45, 7) is 4.69. The zero-order valence-corrected chi connectivity index (χ0v) is 28.6. The standard InChI is InChI=1S/C49H35NO/c1-49(2)44-19-11-9-17-39(44)40-28-27-38(31-45(40)49)50(36-24-21-33(22-25-36)32-13-5-3-6-14-32)37-26-23-35-29-42(34-15-7-4-8-16-34)47-41-18-10-12-20-46(41)51-48(47)43(35)30-37/h3-31H,1-2H3. The van der Waals surface area contributed by atoms with Crippen LogP contribution in [0.5, 0.6) is 0 Å². The van der Waals surface area contributed by atoms with E-state index in [0.29, 0.717) is 0 Å². The first kappa shape index (κ1) is 29.5. The Labute approximate surface area is 297 Å². The summed E-state index contributed by atoms with van der Waals surface area (Å²) in [4.78, 5) is 2.40. The molecule has 9 aromatic rings.